The smallest absolute Gasteiger partial charge is 0.480 e. The molecule has 0 aliphatic carbocycles. The number of hydrogen-bond donors (Lipinski definition) is 7. The highest BCUT2D eigenvalue weighted by Gasteiger charge is 2.54. The molecular formula is C40H58N5O10+. The fraction of sp³-hybridized carbons (Fsp3) is 0.550. The van der Waals surface area contributed by atoms with Gasteiger partial charge >= 0.3 is 29.9 Å². The maximum atomic E-state index is 13.1. The monoisotopic (exact) mass is 768 g/mol. The van der Waals surface area contributed by atoms with Gasteiger partial charge in [0.05, 0.1) is 12.6 Å². The van der Waals surface area contributed by atoms with Crippen molar-refractivity contribution >= 4 is 35.8 Å². The number of carbonyl (C=O) groups excluding carboxylic acids is 2. The number of amides is 3. The molecule has 0 spiro atoms. The number of rotatable bonds is 19. The first kappa shape index (κ1) is 44.7. The standard InChI is InChI=1S/C21H31N3O5.C19H26N2O5/c22-13-5-4-9-16(19(25)24-14-6-10-18(24)21(28)29)23-17(20(26)27)12-11-15-7-2-1-3-8-15;1-13-7-6-12-21(13,19(25)26)17(22)14(2)20-16(18(23)24)11-10-15-8-4-3-5-9-15/h1-3,7-8,16-18,23H,4-6,9-14,22H2,(H,26,27)(H,28,29);3-5,8-9,13-14,16,20H,6-7,10-12H2,1-2H3,(H-,23,24,25,26)/p+1/t16-,17-,18-;13-,14+,16+,21?/m01/s1. The van der Waals surface area contributed by atoms with Crippen molar-refractivity contribution in [2.45, 2.75) is 121 Å². The molecule has 2 aromatic carbocycles. The van der Waals surface area contributed by atoms with Crippen LogP contribution in [0.2, 0.25) is 0 Å². The Labute approximate surface area is 322 Å². The van der Waals surface area contributed by atoms with E-state index >= 15 is 0 Å². The Morgan fingerprint density at radius 3 is 1.76 bits per heavy atom. The Hall–Kier alpha value is -4.70. The molecule has 15 heteroatoms. The predicted octanol–water partition coefficient (Wildman–Crippen LogP) is 3.49. The van der Waals surface area contributed by atoms with E-state index in [9.17, 15) is 49.2 Å². The van der Waals surface area contributed by atoms with Gasteiger partial charge < -0.3 is 31.1 Å². The van der Waals surface area contributed by atoms with Crippen molar-refractivity contribution in [1.29, 1.82) is 0 Å². The van der Waals surface area contributed by atoms with Crippen molar-refractivity contribution in [2.75, 3.05) is 19.6 Å². The van der Waals surface area contributed by atoms with Crippen LogP contribution in [-0.4, -0.2) is 122 Å². The highest BCUT2D eigenvalue weighted by molar-refractivity contribution is 5.88. The fourth-order valence-electron chi connectivity index (χ4n) is 7.47. The van der Waals surface area contributed by atoms with E-state index in [1.54, 1.807) is 13.8 Å². The van der Waals surface area contributed by atoms with E-state index in [1.165, 1.54) is 4.90 Å². The third kappa shape index (κ3) is 12.7. The molecule has 15 nitrogen and oxygen atoms in total. The zero-order valence-electron chi connectivity index (χ0n) is 31.8. The summed E-state index contributed by atoms with van der Waals surface area (Å²) in [5.74, 6) is -3.90. The van der Waals surface area contributed by atoms with E-state index in [0.29, 0.717) is 77.3 Å². The first-order valence-corrected chi connectivity index (χ1v) is 19.2. The number of carboxylic acid groups (broad SMARTS) is 4. The van der Waals surface area contributed by atoms with Crippen LogP contribution in [0.3, 0.4) is 0 Å². The minimum atomic E-state index is -1.16. The summed E-state index contributed by atoms with van der Waals surface area (Å²) in [6, 6.07) is 14.5. The normalized spacial score (nSPS) is 21.4. The zero-order valence-corrected chi connectivity index (χ0v) is 31.8. The average molecular weight is 769 g/mol. The number of nitrogens with two attached hydrogens (primary N) is 1. The highest BCUT2D eigenvalue weighted by atomic mass is 16.4. The molecule has 0 saturated carbocycles. The largest absolute Gasteiger partial charge is 0.521 e. The number of likely N-dealkylation sites (tertiary alicyclic amines) is 2. The van der Waals surface area contributed by atoms with Crippen molar-refractivity contribution in [2.24, 2.45) is 5.73 Å². The lowest BCUT2D eigenvalue weighted by molar-refractivity contribution is -0.793. The molecule has 0 aromatic heterocycles. The van der Waals surface area contributed by atoms with Gasteiger partial charge in [-0.2, -0.15) is 9.28 Å². The van der Waals surface area contributed by atoms with Gasteiger partial charge in [-0.25, -0.2) is 9.59 Å². The molecule has 8 N–H and O–H groups in total. The van der Waals surface area contributed by atoms with E-state index in [4.69, 9.17) is 5.73 Å². The lowest BCUT2D eigenvalue weighted by atomic mass is 10.0. The van der Waals surface area contributed by atoms with Crippen LogP contribution in [0.4, 0.5) is 4.79 Å². The second-order valence-electron chi connectivity index (χ2n) is 14.5. The van der Waals surface area contributed by atoms with Crippen LogP contribution in [0.15, 0.2) is 60.7 Å². The quantitative estimate of drug-likeness (QED) is 0.0802. The van der Waals surface area contributed by atoms with Crippen molar-refractivity contribution < 1.29 is 53.7 Å². The van der Waals surface area contributed by atoms with Gasteiger partial charge in [0.1, 0.15) is 30.2 Å². The maximum absolute atomic E-state index is 13.1. The van der Waals surface area contributed by atoms with Gasteiger partial charge in [-0.05, 0) is 82.9 Å². The second kappa shape index (κ2) is 22.0. The summed E-state index contributed by atoms with van der Waals surface area (Å²) in [5.41, 5.74) is 7.59. The van der Waals surface area contributed by atoms with E-state index in [0.717, 1.165) is 17.5 Å². The molecule has 2 aromatic rings. The average Bonchev–Trinajstić information content (AvgIpc) is 3.82. The topological polar surface area (TPSA) is 237 Å². The summed E-state index contributed by atoms with van der Waals surface area (Å²) < 4.78 is -0.626. The van der Waals surface area contributed by atoms with Crippen molar-refractivity contribution in [3.8, 4) is 0 Å². The minimum Gasteiger partial charge on any atom is -0.480 e. The molecule has 1 unspecified atom stereocenters. The molecular weight excluding hydrogens is 710 g/mol. The highest BCUT2D eigenvalue weighted by Crippen LogP contribution is 2.29. The van der Waals surface area contributed by atoms with E-state index in [-0.39, 0.29) is 18.5 Å². The summed E-state index contributed by atoms with van der Waals surface area (Å²) in [6.45, 7) is 4.43. The summed E-state index contributed by atoms with van der Waals surface area (Å²) in [4.78, 5) is 74.0. The second-order valence-corrected chi connectivity index (χ2v) is 14.5. The lowest BCUT2D eigenvalue weighted by Gasteiger charge is -2.32. The number of aryl methyl sites for hydroxylation is 2. The summed E-state index contributed by atoms with van der Waals surface area (Å²) >= 11 is 0. The first-order chi connectivity index (χ1) is 26.2. The van der Waals surface area contributed by atoms with Gasteiger partial charge in [0.25, 0.3) is 0 Å². The van der Waals surface area contributed by atoms with E-state index in [1.807, 2.05) is 60.7 Å². The third-order valence-electron chi connectivity index (χ3n) is 10.6. The number of quaternary nitrogens is 1. The maximum Gasteiger partial charge on any atom is 0.521 e. The minimum absolute atomic E-state index is 0.253. The molecule has 7 atom stereocenters. The van der Waals surface area contributed by atoms with Gasteiger partial charge in [-0.3, -0.25) is 25.0 Å². The van der Waals surface area contributed by atoms with Gasteiger partial charge in [0.2, 0.25) is 5.91 Å². The molecule has 302 valence electrons. The number of unbranched alkanes of at least 4 members (excludes halogenated alkanes) is 1. The number of nitrogens with one attached hydrogen (secondary N) is 2. The summed E-state index contributed by atoms with van der Waals surface area (Å²) in [7, 11) is 0. The molecule has 2 saturated heterocycles. The van der Waals surface area contributed by atoms with Crippen LogP contribution < -0.4 is 16.4 Å². The van der Waals surface area contributed by atoms with Crippen molar-refractivity contribution in [3.05, 3.63) is 71.8 Å². The van der Waals surface area contributed by atoms with Crippen LogP contribution in [0.1, 0.15) is 82.8 Å². The molecule has 4 rings (SSSR count). The SMILES string of the molecule is C[C@H](N[C@@H](CCc1ccccc1)C(=O)O)C(=O)[N+]1(C(=O)O)CCC[C@H]1C.NCCCC[C@H](N[C@@H](CCc1ccccc1)C(=O)O)C(=O)N1CCC[C@H]1C(=O)O. The molecule has 0 radical (unpaired) electrons. The number of carboxylic acids is 3. The Morgan fingerprint density at radius 1 is 0.764 bits per heavy atom. The molecule has 2 fully saturated rings. The number of benzene rings is 2. The molecule has 3 amide bonds. The zero-order chi connectivity index (χ0) is 40.5. The van der Waals surface area contributed by atoms with Crippen LogP contribution in [0, 0.1) is 0 Å². The summed E-state index contributed by atoms with van der Waals surface area (Å²) in [5, 5.41) is 44.0. The number of nitrogens with zero attached hydrogens (tertiary/aromatic N) is 2. The van der Waals surface area contributed by atoms with Gasteiger partial charge in [0.15, 0.2) is 0 Å². The first-order valence-electron chi connectivity index (χ1n) is 19.2. The van der Waals surface area contributed by atoms with Gasteiger partial charge in [-0.15, -0.1) is 0 Å². The van der Waals surface area contributed by atoms with E-state index < -0.39 is 64.6 Å². The molecule has 2 aliphatic rings. The molecule has 0 bridgehead atoms. The van der Waals surface area contributed by atoms with Crippen molar-refractivity contribution in [1.82, 2.24) is 15.5 Å². The molecule has 2 aliphatic heterocycles. The number of aliphatic carboxylic acids is 3. The van der Waals surface area contributed by atoms with Crippen LogP contribution in [-0.2, 0) is 36.8 Å². The van der Waals surface area contributed by atoms with Crippen molar-refractivity contribution in [3.63, 3.8) is 0 Å². The molecule has 55 heavy (non-hydrogen) atoms. The Morgan fingerprint density at radius 2 is 1.31 bits per heavy atom. The summed E-state index contributed by atoms with van der Waals surface area (Å²) in [6.07, 6.45) is 4.81. The van der Waals surface area contributed by atoms with Crippen LogP contribution >= 0.6 is 0 Å². The third-order valence-corrected chi connectivity index (χ3v) is 10.6. The Balaban J connectivity index is 0.000000297. The Kier molecular flexibility index (Phi) is 17.9. The van der Waals surface area contributed by atoms with Crippen LogP contribution in [0.5, 0.6) is 0 Å². The number of imide groups is 1. The van der Waals surface area contributed by atoms with Gasteiger partial charge in [0, 0.05) is 19.4 Å². The molecule has 2 heterocycles. The predicted molar refractivity (Wildman–Crippen MR) is 204 cm³/mol. The van der Waals surface area contributed by atoms with E-state index in [2.05, 4.69) is 10.6 Å². The number of carbonyl (C=O) groups is 6. The Bertz CT molecular complexity index is 1580. The lowest BCUT2D eigenvalue weighted by Crippen LogP contribution is -2.64. The van der Waals surface area contributed by atoms with Gasteiger partial charge in [-0.1, -0.05) is 67.1 Å². The van der Waals surface area contributed by atoms with Crippen LogP contribution in [0.25, 0.3) is 0 Å². The fourth-order valence-corrected chi connectivity index (χ4v) is 7.47. The number of hydrogen-bond acceptors (Lipinski definition) is 9.